The average Bonchev–Trinajstić information content (AvgIpc) is 3.04. The molecule has 0 amide bonds. The third kappa shape index (κ3) is 4.66. The Morgan fingerprint density at radius 3 is 2.55 bits per heavy atom. The summed E-state index contributed by atoms with van der Waals surface area (Å²) in [6.45, 7) is 4.64. The number of fused-ring (bicyclic) bond motifs is 3. The maximum Gasteiger partial charge on any atom is 0.328 e. The third-order valence-corrected chi connectivity index (χ3v) is 6.02. The summed E-state index contributed by atoms with van der Waals surface area (Å²) in [4.78, 5) is 12.5. The Bertz CT molecular complexity index is 1240. The molecule has 174 valence electrons. The van der Waals surface area contributed by atoms with Gasteiger partial charge in [0.25, 0.3) is 0 Å². The lowest BCUT2D eigenvalue weighted by molar-refractivity contribution is -0.131. The van der Waals surface area contributed by atoms with Crippen LogP contribution in [0.3, 0.4) is 0 Å². The normalized spacial score (nSPS) is 19.4. The minimum absolute atomic E-state index is 0.0639. The van der Waals surface area contributed by atoms with Gasteiger partial charge in [0.15, 0.2) is 0 Å². The van der Waals surface area contributed by atoms with Crippen molar-refractivity contribution < 1.29 is 27.5 Å². The number of carbonyl (C=O) groups is 1. The van der Waals surface area contributed by atoms with Crippen LogP contribution in [-0.4, -0.2) is 34.2 Å². The largest absolute Gasteiger partial charge is 0.478 e. The van der Waals surface area contributed by atoms with Crippen LogP contribution in [0.2, 0.25) is 5.02 Å². The molecular weight excluding hydrogens is 455 g/mol. The summed E-state index contributed by atoms with van der Waals surface area (Å²) in [7, 11) is 0. The molecule has 2 aromatic carbocycles. The number of carboxylic acid groups (broad SMARTS) is 1. The third-order valence-electron chi connectivity index (χ3n) is 5.78. The lowest BCUT2D eigenvalue weighted by Crippen LogP contribution is -2.48. The van der Waals surface area contributed by atoms with Crippen molar-refractivity contribution >= 4 is 34.6 Å². The summed E-state index contributed by atoms with van der Waals surface area (Å²) in [5.74, 6) is -2.63. The molecule has 0 radical (unpaired) electrons. The van der Waals surface area contributed by atoms with Crippen LogP contribution in [0, 0.1) is 11.6 Å². The van der Waals surface area contributed by atoms with E-state index < -0.39 is 29.3 Å². The van der Waals surface area contributed by atoms with Crippen LogP contribution in [0.1, 0.15) is 49.3 Å². The molecule has 4 rings (SSSR count). The number of hydrogen-bond acceptors (Lipinski definition) is 3. The molecule has 33 heavy (non-hydrogen) atoms. The number of carboxylic acids is 1. The van der Waals surface area contributed by atoms with Crippen molar-refractivity contribution in [3.63, 3.8) is 0 Å². The highest BCUT2D eigenvalue weighted by Gasteiger charge is 2.42. The molecule has 0 saturated carbocycles. The fourth-order valence-electron chi connectivity index (χ4n) is 4.50. The number of aliphatic carboxylic acids is 1. The zero-order valence-corrected chi connectivity index (χ0v) is 19.1. The topological polar surface area (TPSA) is 53.7 Å². The second-order valence-corrected chi connectivity index (χ2v) is 9.44. The van der Waals surface area contributed by atoms with E-state index in [2.05, 4.69) is 0 Å². The summed E-state index contributed by atoms with van der Waals surface area (Å²) in [6.07, 6.45) is 2.42. The molecule has 0 saturated heterocycles. The molecule has 1 aliphatic rings. The van der Waals surface area contributed by atoms with E-state index in [-0.39, 0.29) is 23.7 Å². The standard InChI is InChI=1S/C25H23ClF3NO3/c1-13-8-17-16-6-5-15(26)11-20(16)33-24(17)23(30(13)12-25(2,3)29)22-18(27)9-14(10-19(22)28)4-7-21(31)32/h4-7,9-11,13,23H,8,12H2,1-3H3,(H,31,32)/b7-4+/t13-,23-/m0/s1. The highest BCUT2D eigenvalue weighted by Crippen LogP contribution is 2.45. The Hall–Kier alpha value is -2.77. The first-order valence-electron chi connectivity index (χ1n) is 10.5. The van der Waals surface area contributed by atoms with E-state index in [4.69, 9.17) is 21.1 Å². The molecule has 0 fully saturated rings. The van der Waals surface area contributed by atoms with E-state index >= 15 is 8.78 Å². The number of nitrogens with zero attached hydrogens (tertiary/aromatic N) is 1. The van der Waals surface area contributed by atoms with E-state index in [0.717, 1.165) is 35.2 Å². The Balaban J connectivity index is 1.93. The van der Waals surface area contributed by atoms with Gasteiger partial charge in [-0.3, -0.25) is 4.90 Å². The summed E-state index contributed by atoms with van der Waals surface area (Å²) in [6, 6.07) is 6.06. The van der Waals surface area contributed by atoms with Crippen molar-refractivity contribution in [1.82, 2.24) is 4.90 Å². The first-order valence-corrected chi connectivity index (χ1v) is 10.9. The predicted molar refractivity (Wildman–Crippen MR) is 121 cm³/mol. The molecule has 0 unspecified atom stereocenters. The van der Waals surface area contributed by atoms with Gasteiger partial charge in [-0.05, 0) is 63.1 Å². The van der Waals surface area contributed by atoms with Crippen molar-refractivity contribution in [3.8, 4) is 0 Å². The number of hydrogen-bond donors (Lipinski definition) is 1. The van der Waals surface area contributed by atoms with Crippen molar-refractivity contribution in [3.05, 3.63) is 75.5 Å². The molecule has 0 bridgehead atoms. The van der Waals surface area contributed by atoms with Gasteiger partial charge in [0.05, 0.1) is 0 Å². The first kappa shape index (κ1) is 23.4. The van der Waals surface area contributed by atoms with E-state index in [1.165, 1.54) is 13.8 Å². The molecule has 1 aliphatic heterocycles. The first-order chi connectivity index (χ1) is 15.4. The van der Waals surface area contributed by atoms with E-state index in [0.29, 0.717) is 22.8 Å². The highest BCUT2D eigenvalue weighted by atomic mass is 35.5. The number of alkyl halides is 1. The number of halogens is 4. The van der Waals surface area contributed by atoms with Crippen molar-refractivity contribution in [2.75, 3.05) is 6.54 Å². The number of rotatable bonds is 5. The van der Waals surface area contributed by atoms with Gasteiger partial charge in [0.1, 0.15) is 34.7 Å². The molecule has 3 aromatic rings. The Kier molecular flexibility index (Phi) is 6.05. The maximum atomic E-state index is 15.4. The minimum atomic E-state index is -1.63. The van der Waals surface area contributed by atoms with Crippen molar-refractivity contribution in [2.45, 2.75) is 44.9 Å². The van der Waals surface area contributed by atoms with Gasteiger partial charge in [-0.25, -0.2) is 18.0 Å². The molecule has 4 nitrogen and oxygen atoms in total. The minimum Gasteiger partial charge on any atom is -0.478 e. The molecule has 2 heterocycles. The van der Waals surface area contributed by atoms with Crippen LogP contribution in [0.25, 0.3) is 17.0 Å². The number of furan rings is 1. The van der Waals surface area contributed by atoms with Crippen LogP contribution < -0.4 is 0 Å². The zero-order valence-electron chi connectivity index (χ0n) is 18.3. The molecular formula is C25H23ClF3NO3. The molecule has 0 spiro atoms. The molecule has 1 N–H and O–H groups in total. The Morgan fingerprint density at radius 1 is 1.27 bits per heavy atom. The highest BCUT2D eigenvalue weighted by molar-refractivity contribution is 6.31. The van der Waals surface area contributed by atoms with Crippen LogP contribution >= 0.6 is 11.6 Å². The molecule has 8 heteroatoms. The van der Waals surface area contributed by atoms with E-state index in [1.807, 2.05) is 13.0 Å². The quantitative estimate of drug-likeness (QED) is 0.423. The fraction of sp³-hybridized carbons (Fsp3) is 0.320. The molecule has 1 aromatic heterocycles. The monoisotopic (exact) mass is 477 g/mol. The van der Waals surface area contributed by atoms with Crippen LogP contribution in [0.15, 0.2) is 40.8 Å². The van der Waals surface area contributed by atoms with Gasteiger partial charge in [0, 0.05) is 46.3 Å². The fourth-order valence-corrected chi connectivity index (χ4v) is 4.66. The SMILES string of the molecule is C[C@H]1Cc2c(oc3cc(Cl)ccc23)[C@H](c2c(F)cc(/C=C/C(=O)O)cc2F)N1CC(C)(C)F. The van der Waals surface area contributed by atoms with Crippen molar-refractivity contribution in [2.24, 2.45) is 0 Å². The Morgan fingerprint density at radius 2 is 1.94 bits per heavy atom. The second kappa shape index (κ2) is 8.54. The summed E-state index contributed by atoms with van der Waals surface area (Å²) >= 11 is 6.11. The van der Waals surface area contributed by atoms with Gasteiger partial charge in [0.2, 0.25) is 0 Å². The lowest BCUT2D eigenvalue weighted by Gasteiger charge is -2.42. The lowest BCUT2D eigenvalue weighted by atomic mass is 9.87. The van der Waals surface area contributed by atoms with E-state index in [1.54, 1.807) is 17.0 Å². The summed E-state index contributed by atoms with van der Waals surface area (Å²) in [5.41, 5.74) is -0.538. The van der Waals surface area contributed by atoms with Gasteiger partial charge in [-0.15, -0.1) is 0 Å². The molecule has 0 aliphatic carbocycles. The van der Waals surface area contributed by atoms with Crippen molar-refractivity contribution in [1.29, 1.82) is 0 Å². The molecule has 2 atom stereocenters. The van der Waals surface area contributed by atoms with E-state index in [9.17, 15) is 9.18 Å². The average molecular weight is 478 g/mol. The van der Waals surface area contributed by atoms with Crippen LogP contribution in [0.5, 0.6) is 0 Å². The van der Waals surface area contributed by atoms with Gasteiger partial charge < -0.3 is 9.52 Å². The predicted octanol–water partition coefficient (Wildman–Crippen LogP) is 6.55. The van der Waals surface area contributed by atoms with Gasteiger partial charge in [-0.2, -0.15) is 0 Å². The number of benzene rings is 2. The smallest absolute Gasteiger partial charge is 0.328 e. The summed E-state index contributed by atoms with van der Waals surface area (Å²) in [5, 5.41) is 10.1. The summed E-state index contributed by atoms with van der Waals surface area (Å²) < 4.78 is 51.6. The maximum absolute atomic E-state index is 15.4. The zero-order chi connectivity index (χ0) is 24.1. The van der Waals surface area contributed by atoms with Gasteiger partial charge >= 0.3 is 5.97 Å². The Labute approximate surface area is 194 Å². The van der Waals surface area contributed by atoms with Crippen LogP contribution in [0.4, 0.5) is 13.2 Å². The second-order valence-electron chi connectivity index (χ2n) is 9.00. The van der Waals surface area contributed by atoms with Crippen LogP contribution in [-0.2, 0) is 11.2 Å². The van der Waals surface area contributed by atoms with Gasteiger partial charge in [-0.1, -0.05) is 11.6 Å².